The van der Waals surface area contributed by atoms with Crippen molar-refractivity contribution in [2.24, 2.45) is 0 Å². The number of carbonyl (C=O) groups excluding carboxylic acids is 1. The fourth-order valence-corrected chi connectivity index (χ4v) is 4.63. The van der Waals surface area contributed by atoms with Gasteiger partial charge in [0, 0.05) is 23.3 Å². The minimum atomic E-state index is -0.0224. The number of carbonyl (C=O) groups is 1. The topological polar surface area (TPSA) is 34.9 Å². The summed E-state index contributed by atoms with van der Waals surface area (Å²) in [7, 11) is 0. The van der Waals surface area contributed by atoms with Crippen LogP contribution in [0.15, 0.2) is 47.5 Å². The molecule has 2 aromatic rings. The van der Waals surface area contributed by atoms with E-state index < -0.39 is 0 Å². The summed E-state index contributed by atoms with van der Waals surface area (Å²) in [4.78, 5) is 16.5. The lowest BCUT2D eigenvalue weighted by atomic mass is 10.1. The molecule has 0 amide bonds. The van der Waals surface area contributed by atoms with Gasteiger partial charge in [0.25, 0.3) is 0 Å². The highest BCUT2D eigenvalue weighted by Crippen LogP contribution is 2.43. The van der Waals surface area contributed by atoms with E-state index in [4.69, 9.17) is 0 Å². The molecule has 1 aromatic carbocycles. The predicted octanol–water partition coefficient (Wildman–Crippen LogP) is 6.51. The van der Waals surface area contributed by atoms with Gasteiger partial charge in [0.2, 0.25) is 0 Å². The Labute approximate surface area is 164 Å². The van der Waals surface area contributed by atoms with Crippen molar-refractivity contribution in [3.63, 3.8) is 0 Å². The molecule has 2 unspecified atom stereocenters. The second kappa shape index (κ2) is 10.4. The molecule has 0 radical (unpaired) electrons. The average Bonchev–Trinajstić information content (AvgIpc) is 3.11. The maximum atomic E-state index is 12.4. The Morgan fingerprint density at radius 2 is 2.00 bits per heavy atom. The fourth-order valence-electron chi connectivity index (χ4n) is 2.40. The molecule has 0 aliphatic heterocycles. The van der Waals surface area contributed by atoms with Crippen molar-refractivity contribution in [2.75, 3.05) is 0 Å². The van der Waals surface area contributed by atoms with Crippen LogP contribution in [0.25, 0.3) is 0 Å². The molecule has 0 aliphatic carbocycles. The van der Waals surface area contributed by atoms with Crippen molar-refractivity contribution in [3.05, 3.63) is 53.0 Å². The van der Waals surface area contributed by atoms with E-state index >= 15 is 0 Å². The van der Waals surface area contributed by atoms with Crippen LogP contribution < -0.4 is 0 Å². The number of hydrogen-bond acceptors (Lipinski definition) is 3. The number of nitrogens with zero attached hydrogens (tertiary/aromatic N) is 2. The van der Waals surface area contributed by atoms with Crippen LogP contribution in [0, 0.1) is 0 Å². The summed E-state index contributed by atoms with van der Waals surface area (Å²) in [5.41, 5.74) is 1.13. The third-order valence-electron chi connectivity index (χ3n) is 3.75. The molecule has 6 heteroatoms. The number of benzene rings is 1. The first-order valence-corrected chi connectivity index (χ1v) is 10.8. The number of aromatic nitrogens is 2. The van der Waals surface area contributed by atoms with Crippen LogP contribution in [-0.2, 0) is 4.79 Å². The molecule has 3 nitrogen and oxygen atoms in total. The van der Waals surface area contributed by atoms with Crippen LogP contribution in [0.3, 0.4) is 0 Å². The fraction of sp³-hybridized carbons (Fsp3) is 0.444. The standard InChI is InChI=1S/C18H22Br2N2OS/c1-2-3-4-5-6-16(23)24-17(14-7-9-15(19)10-8-14)18(20)22-12-11-21-13-22/h7-13,17-18H,2-6H2,1H3. The lowest BCUT2D eigenvalue weighted by molar-refractivity contribution is -0.111. The summed E-state index contributed by atoms with van der Waals surface area (Å²) in [6, 6.07) is 8.17. The summed E-state index contributed by atoms with van der Waals surface area (Å²) in [5.74, 6) is 0. The minimum Gasteiger partial charge on any atom is -0.323 e. The normalized spacial score (nSPS) is 13.6. The Bertz CT molecular complexity index is 616. The molecule has 0 N–H and O–H groups in total. The van der Waals surface area contributed by atoms with Crippen LogP contribution in [0.5, 0.6) is 0 Å². The number of unbranched alkanes of at least 4 members (excludes halogenated alkanes) is 3. The van der Waals surface area contributed by atoms with E-state index in [1.807, 2.05) is 22.9 Å². The highest BCUT2D eigenvalue weighted by molar-refractivity contribution is 9.10. The van der Waals surface area contributed by atoms with Crippen molar-refractivity contribution in [2.45, 2.75) is 49.2 Å². The average molecular weight is 474 g/mol. The van der Waals surface area contributed by atoms with Gasteiger partial charge in [-0.05, 0) is 24.1 Å². The van der Waals surface area contributed by atoms with Crippen LogP contribution in [-0.4, -0.2) is 14.7 Å². The van der Waals surface area contributed by atoms with Crippen LogP contribution in [0.4, 0.5) is 0 Å². The molecule has 24 heavy (non-hydrogen) atoms. The lowest BCUT2D eigenvalue weighted by Gasteiger charge is -2.23. The Morgan fingerprint density at radius 1 is 1.25 bits per heavy atom. The maximum Gasteiger partial charge on any atom is 0.189 e. The van der Waals surface area contributed by atoms with Crippen molar-refractivity contribution in [3.8, 4) is 0 Å². The second-order valence-electron chi connectivity index (χ2n) is 5.66. The first-order chi connectivity index (χ1) is 11.6. The number of hydrogen-bond donors (Lipinski definition) is 0. The third kappa shape index (κ3) is 6.05. The summed E-state index contributed by atoms with van der Waals surface area (Å²) < 4.78 is 3.03. The van der Waals surface area contributed by atoms with Gasteiger partial charge in [0.05, 0.1) is 11.6 Å². The van der Waals surface area contributed by atoms with Crippen molar-refractivity contribution in [1.82, 2.24) is 9.55 Å². The molecule has 0 aliphatic rings. The molecule has 0 bridgehead atoms. The van der Waals surface area contributed by atoms with Crippen molar-refractivity contribution >= 4 is 48.7 Å². The first-order valence-electron chi connectivity index (χ1n) is 8.18. The van der Waals surface area contributed by atoms with E-state index in [0.717, 1.165) is 22.9 Å². The Balaban J connectivity index is 2.08. The van der Waals surface area contributed by atoms with E-state index in [-0.39, 0.29) is 15.3 Å². The van der Waals surface area contributed by atoms with E-state index in [1.165, 1.54) is 24.6 Å². The van der Waals surface area contributed by atoms with Gasteiger partial charge in [-0.1, -0.05) is 81.9 Å². The number of halogens is 2. The number of rotatable bonds is 9. The van der Waals surface area contributed by atoms with Crippen LogP contribution in [0.1, 0.15) is 54.8 Å². The first kappa shape index (κ1) is 19.7. The largest absolute Gasteiger partial charge is 0.323 e. The SMILES string of the molecule is CCCCCCC(=O)SC(c1ccc(Br)cc1)C(Br)n1ccnc1. The number of alkyl halides is 1. The van der Waals surface area contributed by atoms with Gasteiger partial charge in [-0.15, -0.1) is 0 Å². The third-order valence-corrected chi connectivity index (χ3v) is 6.88. The van der Waals surface area contributed by atoms with Gasteiger partial charge in [-0.2, -0.15) is 0 Å². The Morgan fingerprint density at radius 3 is 2.62 bits per heavy atom. The zero-order valence-electron chi connectivity index (χ0n) is 13.7. The van der Waals surface area contributed by atoms with Crippen molar-refractivity contribution < 1.29 is 4.79 Å². The van der Waals surface area contributed by atoms with E-state index in [2.05, 4.69) is 55.9 Å². The van der Waals surface area contributed by atoms with E-state index in [0.29, 0.717) is 6.42 Å². The summed E-state index contributed by atoms with van der Waals surface area (Å²) in [5, 5.41) is 0.259. The number of imidazole rings is 1. The molecule has 130 valence electrons. The molecule has 0 saturated heterocycles. The monoisotopic (exact) mass is 472 g/mol. The van der Waals surface area contributed by atoms with Crippen LogP contribution >= 0.6 is 43.6 Å². The molecule has 2 atom stereocenters. The predicted molar refractivity (Wildman–Crippen MR) is 108 cm³/mol. The summed E-state index contributed by atoms with van der Waals surface area (Å²) in [6.07, 6.45) is 10.6. The second-order valence-corrected chi connectivity index (χ2v) is 8.71. The van der Waals surface area contributed by atoms with Crippen LogP contribution in [0.2, 0.25) is 0 Å². The van der Waals surface area contributed by atoms with Gasteiger partial charge in [-0.25, -0.2) is 4.98 Å². The van der Waals surface area contributed by atoms with E-state index in [1.54, 1.807) is 12.5 Å². The van der Waals surface area contributed by atoms with Gasteiger partial charge in [-0.3, -0.25) is 4.79 Å². The van der Waals surface area contributed by atoms with Gasteiger partial charge in [0.1, 0.15) is 4.95 Å². The lowest BCUT2D eigenvalue weighted by Crippen LogP contribution is -2.11. The summed E-state index contributed by atoms with van der Waals surface area (Å²) >= 11 is 8.63. The van der Waals surface area contributed by atoms with Gasteiger partial charge >= 0.3 is 0 Å². The molecular weight excluding hydrogens is 452 g/mol. The zero-order valence-corrected chi connectivity index (χ0v) is 17.7. The Kier molecular flexibility index (Phi) is 8.56. The zero-order chi connectivity index (χ0) is 17.4. The smallest absolute Gasteiger partial charge is 0.189 e. The maximum absolute atomic E-state index is 12.4. The highest BCUT2D eigenvalue weighted by Gasteiger charge is 2.25. The molecule has 0 spiro atoms. The summed E-state index contributed by atoms with van der Waals surface area (Å²) in [6.45, 7) is 2.18. The molecule has 1 heterocycles. The molecule has 2 rings (SSSR count). The van der Waals surface area contributed by atoms with Gasteiger partial charge < -0.3 is 4.57 Å². The minimum absolute atomic E-state index is 0.00553. The molecule has 0 saturated carbocycles. The highest BCUT2D eigenvalue weighted by atomic mass is 79.9. The quantitative estimate of drug-likeness (QED) is 0.307. The number of thioether (sulfide) groups is 1. The molecular formula is C18H22Br2N2OS. The van der Waals surface area contributed by atoms with Crippen molar-refractivity contribution in [1.29, 1.82) is 0 Å². The van der Waals surface area contributed by atoms with E-state index in [9.17, 15) is 4.79 Å². The molecule has 0 fully saturated rings. The molecule has 1 aromatic heterocycles. The Hall–Kier alpha value is -0.590. The van der Waals surface area contributed by atoms with Gasteiger partial charge in [0.15, 0.2) is 5.12 Å².